The van der Waals surface area contributed by atoms with Crippen molar-refractivity contribution in [1.82, 2.24) is 5.32 Å². The Hall–Kier alpha value is -0.860. The molecule has 1 fully saturated rings. The molecule has 0 radical (unpaired) electrons. The molecule has 0 aromatic heterocycles. The van der Waals surface area contributed by atoms with Crippen molar-refractivity contribution in [2.75, 3.05) is 13.2 Å². The molecule has 2 nitrogen and oxygen atoms in total. The normalized spacial score (nSPS) is 18.6. The first-order valence-electron chi connectivity index (χ1n) is 7.12. The molecule has 18 heavy (non-hydrogen) atoms. The number of benzene rings is 1. The van der Waals surface area contributed by atoms with Gasteiger partial charge in [0.2, 0.25) is 0 Å². The summed E-state index contributed by atoms with van der Waals surface area (Å²) < 4.78 is 5.58. The molecule has 0 saturated heterocycles. The molecule has 1 aromatic rings. The third-order valence-corrected chi connectivity index (χ3v) is 3.61. The van der Waals surface area contributed by atoms with E-state index in [0.29, 0.717) is 12.1 Å². The van der Waals surface area contributed by atoms with Crippen LogP contribution in [0.4, 0.5) is 0 Å². The van der Waals surface area contributed by atoms with Crippen molar-refractivity contribution < 1.29 is 4.74 Å². The molecule has 1 aliphatic rings. The Labute approximate surface area is 111 Å². The van der Waals surface area contributed by atoms with Gasteiger partial charge in [0.15, 0.2) is 0 Å². The Kier molecular flexibility index (Phi) is 4.79. The van der Waals surface area contributed by atoms with Gasteiger partial charge >= 0.3 is 0 Å². The van der Waals surface area contributed by atoms with Crippen molar-refractivity contribution in [3.63, 3.8) is 0 Å². The van der Waals surface area contributed by atoms with Crippen molar-refractivity contribution >= 4 is 0 Å². The number of ether oxygens (including phenoxy) is 1. The van der Waals surface area contributed by atoms with Crippen molar-refractivity contribution in [3.8, 4) is 0 Å². The summed E-state index contributed by atoms with van der Waals surface area (Å²) in [5, 5.41) is 3.68. The first-order valence-corrected chi connectivity index (χ1v) is 7.12. The van der Waals surface area contributed by atoms with E-state index >= 15 is 0 Å². The molecule has 0 amide bonds. The van der Waals surface area contributed by atoms with E-state index in [2.05, 4.69) is 50.4 Å². The highest BCUT2D eigenvalue weighted by Crippen LogP contribution is 2.40. The smallest absolute Gasteiger partial charge is 0.0671 e. The predicted octanol–water partition coefficient (Wildman–Crippen LogP) is 3.46. The number of aryl methyl sites for hydroxylation is 1. The highest BCUT2D eigenvalue weighted by atomic mass is 16.5. The minimum absolute atomic E-state index is 0.293. The lowest BCUT2D eigenvalue weighted by Crippen LogP contribution is -2.31. The molecule has 2 heteroatoms. The van der Waals surface area contributed by atoms with Gasteiger partial charge in [-0.05, 0) is 45.1 Å². The van der Waals surface area contributed by atoms with Crippen LogP contribution in [0.1, 0.15) is 43.9 Å². The molecule has 0 heterocycles. The summed E-state index contributed by atoms with van der Waals surface area (Å²) in [6, 6.07) is 9.44. The van der Waals surface area contributed by atoms with Gasteiger partial charge in [-0.25, -0.2) is 0 Å². The second-order valence-corrected chi connectivity index (χ2v) is 5.40. The monoisotopic (exact) mass is 247 g/mol. The van der Waals surface area contributed by atoms with E-state index in [4.69, 9.17) is 4.74 Å². The average molecular weight is 247 g/mol. The van der Waals surface area contributed by atoms with E-state index in [1.165, 1.54) is 24.0 Å². The van der Waals surface area contributed by atoms with Crippen LogP contribution in [0.25, 0.3) is 0 Å². The second kappa shape index (κ2) is 6.35. The lowest BCUT2D eigenvalue weighted by molar-refractivity contribution is 0.0733. The van der Waals surface area contributed by atoms with Crippen molar-refractivity contribution in [2.45, 2.75) is 45.8 Å². The molecule has 1 aromatic carbocycles. The zero-order valence-electron chi connectivity index (χ0n) is 11.8. The Morgan fingerprint density at radius 3 is 2.50 bits per heavy atom. The molecule has 1 aliphatic carbocycles. The fourth-order valence-corrected chi connectivity index (χ4v) is 2.40. The van der Waals surface area contributed by atoms with Gasteiger partial charge in [0.1, 0.15) is 0 Å². The molecule has 2 atom stereocenters. The minimum atomic E-state index is 0.293. The predicted molar refractivity (Wildman–Crippen MR) is 75.7 cm³/mol. The van der Waals surface area contributed by atoms with E-state index in [0.717, 1.165) is 19.1 Å². The number of rotatable bonds is 7. The quantitative estimate of drug-likeness (QED) is 0.796. The first kappa shape index (κ1) is 13.6. The zero-order valence-corrected chi connectivity index (χ0v) is 11.8. The van der Waals surface area contributed by atoms with E-state index < -0.39 is 0 Å². The second-order valence-electron chi connectivity index (χ2n) is 5.40. The molecule has 1 N–H and O–H groups in total. The van der Waals surface area contributed by atoms with E-state index in [1.807, 2.05) is 0 Å². The van der Waals surface area contributed by atoms with Gasteiger partial charge in [-0.3, -0.25) is 0 Å². The summed E-state index contributed by atoms with van der Waals surface area (Å²) in [6.45, 7) is 8.05. The zero-order chi connectivity index (χ0) is 13.0. The Bertz CT molecular complexity index is 356. The van der Waals surface area contributed by atoms with Gasteiger partial charge in [0.25, 0.3) is 0 Å². The summed E-state index contributed by atoms with van der Waals surface area (Å²) in [4.78, 5) is 0. The molecule has 0 aliphatic heterocycles. The van der Waals surface area contributed by atoms with E-state index in [9.17, 15) is 0 Å². The molecular formula is C16H25NO. The van der Waals surface area contributed by atoms with Gasteiger partial charge in [-0.1, -0.05) is 29.8 Å². The molecular weight excluding hydrogens is 222 g/mol. The van der Waals surface area contributed by atoms with Crippen LogP contribution >= 0.6 is 0 Å². The average Bonchev–Trinajstić information content (AvgIpc) is 3.16. The molecule has 1 saturated carbocycles. The molecule has 0 bridgehead atoms. The standard InChI is InChI=1S/C16H25NO/c1-4-18-13(3)11-17-16(15-9-10-15)14-7-5-12(2)6-8-14/h5-8,13,15-17H,4,9-11H2,1-3H3. The van der Waals surface area contributed by atoms with Crippen LogP contribution in [0.2, 0.25) is 0 Å². The van der Waals surface area contributed by atoms with Crippen LogP contribution in [0, 0.1) is 12.8 Å². The topological polar surface area (TPSA) is 21.3 Å². The van der Waals surface area contributed by atoms with Crippen molar-refractivity contribution in [2.24, 2.45) is 5.92 Å². The third kappa shape index (κ3) is 3.82. The van der Waals surface area contributed by atoms with Gasteiger partial charge in [0.05, 0.1) is 6.10 Å². The maximum Gasteiger partial charge on any atom is 0.0671 e. The highest BCUT2D eigenvalue weighted by Gasteiger charge is 2.32. The summed E-state index contributed by atoms with van der Waals surface area (Å²) >= 11 is 0. The van der Waals surface area contributed by atoms with Crippen molar-refractivity contribution in [1.29, 1.82) is 0 Å². The van der Waals surface area contributed by atoms with Crippen LogP contribution in [0.5, 0.6) is 0 Å². The maximum absolute atomic E-state index is 5.58. The molecule has 2 rings (SSSR count). The number of nitrogens with one attached hydrogen (secondary N) is 1. The molecule has 0 spiro atoms. The van der Waals surface area contributed by atoms with Crippen LogP contribution in [-0.4, -0.2) is 19.3 Å². The van der Waals surface area contributed by atoms with Gasteiger partial charge in [-0.2, -0.15) is 0 Å². The minimum Gasteiger partial charge on any atom is -0.377 e. The van der Waals surface area contributed by atoms with Crippen LogP contribution in [0.15, 0.2) is 24.3 Å². The Balaban J connectivity index is 1.94. The lowest BCUT2D eigenvalue weighted by Gasteiger charge is -2.21. The summed E-state index contributed by atoms with van der Waals surface area (Å²) in [7, 11) is 0. The SMILES string of the molecule is CCOC(C)CNC(c1ccc(C)cc1)C1CC1. The van der Waals surface area contributed by atoms with Crippen molar-refractivity contribution in [3.05, 3.63) is 35.4 Å². The van der Waals surface area contributed by atoms with Gasteiger partial charge in [0, 0.05) is 19.2 Å². The van der Waals surface area contributed by atoms with E-state index in [-0.39, 0.29) is 0 Å². The Morgan fingerprint density at radius 2 is 1.94 bits per heavy atom. The Morgan fingerprint density at radius 1 is 1.28 bits per heavy atom. The van der Waals surface area contributed by atoms with Gasteiger partial charge in [-0.15, -0.1) is 0 Å². The van der Waals surface area contributed by atoms with Crippen LogP contribution < -0.4 is 5.32 Å². The molecule has 2 unspecified atom stereocenters. The fraction of sp³-hybridized carbons (Fsp3) is 0.625. The largest absolute Gasteiger partial charge is 0.377 e. The summed E-state index contributed by atoms with van der Waals surface area (Å²) in [5.41, 5.74) is 2.75. The fourth-order valence-electron chi connectivity index (χ4n) is 2.40. The lowest BCUT2D eigenvalue weighted by atomic mass is 10.0. The van der Waals surface area contributed by atoms with Crippen LogP contribution in [-0.2, 0) is 4.74 Å². The van der Waals surface area contributed by atoms with Crippen LogP contribution in [0.3, 0.4) is 0 Å². The highest BCUT2D eigenvalue weighted by molar-refractivity contribution is 5.25. The van der Waals surface area contributed by atoms with E-state index in [1.54, 1.807) is 0 Å². The number of hydrogen-bond donors (Lipinski definition) is 1. The summed E-state index contributed by atoms with van der Waals surface area (Å²) in [5.74, 6) is 0.821. The number of hydrogen-bond acceptors (Lipinski definition) is 2. The summed E-state index contributed by atoms with van der Waals surface area (Å²) in [6.07, 6.45) is 3.00. The third-order valence-electron chi connectivity index (χ3n) is 3.61. The first-order chi connectivity index (χ1) is 8.70. The van der Waals surface area contributed by atoms with Gasteiger partial charge < -0.3 is 10.1 Å². The molecule has 100 valence electrons. The maximum atomic E-state index is 5.58.